The molecule has 0 radical (unpaired) electrons. The minimum absolute atomic E-state index is 0.0505. The lowest BCUT2D eigenvalue weighted by molar-refractivity contribution is -0.0935. The highest BCUT2D eigenvalue weighted by Crippen LogP contribution is 2.50. The Morgan fingerprint density at radius 3 is 2.76 bits per heavy atom. The number of phenolic OH excluding ortho intramolecular Hbond substituents is 1. The molecule has 5 atom stereocenters. The molecule has 2 aliphatic rings. The van der Waals surface area contributed by atoms with Gasteiger partial charge in [-0.2, -0.15) is 0 Å². The summed E-state index contributed by atoms with van der Waals surface area (Å²) in [5.41, 5.74) is 2.50. The zero-order valence-electron chi connectivity index (χ0n) is 13.2. The van der Waals surface area contributed by atoms with Crippen LogP contribution in [0.1, 0.15) is 32.4 Å². The molecule has 0 unspecified atom stereocenters. The number of fused-ring (bicyclic) bond motifs is 2. The molecule has 1 saturated heterocycles. The van der Waals surface area contributed by atoms with Gasteiger partial charge >= 0.3 is 0 Å². The van der Waals surface area contributed by atoms with Crippen molar-refractivity contribution in [2.45, 2.75) is 26.9 Å². The number of benzene rings is 1. The number of rotatable bonds is 2. The fourth-order valence-electron chi connectivity index (χ4n) is 4.12. The number of allylic oxidation sites excluding steroid dienone is 1. The third-order valence-corrected chi connectivity index (χ3v) is 5.30. The van der Waals surface area contributed by atoms with E-state index in [1.807, 2.05) is 12.1 Å². The van der Waals surface area contributed by atoms with Gasteiger partial charge in [-0.3, -0.25) is 0 Å². The first-order valence-corrected chi connectivity index (χ1v) is 7.69. The molecule has 1 aromatic rings. The molecule has 114 valence electrons. The molecule has 1 heterocycles. The van der Waals surface area contributed by atoms with Crippen LogP contribution in [-0.4, -0.2) is 18.8 Å². The molecule has 1 aromatic carbocycles. The van der Waals surface area contributed by atoms with Crippen molar-refractivity contribution in [3.8, 4) is 11.5 Å². The minimum Gasteiger partial charge on any atom is -0.504 e. The summed E-state index contributed by atoms with van der Waals surface area (Å²) in [6, 6.07) is 5.54. The maximum absolute atomic E-state index is 9.77. The van der Waals surface area contributed by atoms with Crippen LogP contribution in [0.25, 0.3) is 0 Å². The molecule has 2 bridgehead atoms. The highest BCUT2D eigenvalue weighted by molar-refractivity contribution is 5.43. The van der Waals surface area contributed by atoms with Gasteiger partial charge in [-0.05, 0) is 42.4 Å². The van der Waals surface area contributed by atoms with Crippen LogP contribution in [0.5, 0.6) is 11.5 Å². The van der Waals surface area contributed by atoms with Gasteiger partial charge in [-0.25, -0.2) is 0 Å². The average molecular weight is 288 g/mol. The summed E-state index contributed by atoms with van der Waals surface area (Å²) < 4.78 is 11.4. The second kappa shape index (κ2) is 5.38. The molecule has 0 aromatic heterocycles. The summed E-state index contributed by atoms with van der Waals surface area (Å²) in [5, 5.41) is 9.77. The van der Waals surface area contributed by atoms with Gasteiger partial charge in [0.15, 0.2) is 11.5 Å². The molecule has 21 heavy (non-hydrogen) atoms. The minimum atomic E-state index is 0.0505. The average Bonchev–Trinajstić information content (AvgIpc) is 2.45. The van der Waals surface area contributed by atoms with Gasteiger partial charge in [0, 0.05) is 5.92 Å². The predicted molar refractivity (Wildman–Crippen MR) is 82.4 cm³/mol. The summed E-state index contributed by atoms with van der Waals surface area (Å²) in [7, 11) is 1.58. The molecule has 0 saturated carbocycles. The Hall–Kier alpha value is -1.48. The van der Waals surface area contributed by atoms with Crippen LogP contribution < -0.4 is 4.74 Å². The first-order chi connectivity index (χ1) is 10.0. The number of ether oxygens (including phenoxy) is 2. The summed E-state index contributed by atoms with van der Waals surface area (Å²) in [5.74, 6) is 2.91. The van der Waals surface area contributed by atoms with E-state index in [1.165, 1.54) is 5.57 Å². The van der Waals surface area contributed by atoms with E-state index in [0.29, 0.717) is 29.4 Å². The molecule has 1 aliphatic heterocycles. The Kier molecular flexibility index (Phi) is 3.70. The predicted octanol–water partition coefficient (Wildman–Crippen LogP) is 3.94. The van der Waals surface area contributed by atoms with Crippen molar-refractivity contribution >= 4 is 0 Å². The Morgan fingerprint density at radius 2 is 2.05 bits per heavy atom. The van der Waals surface area contributed by atoms with E-state index in [-0.39, 0.29) is 11.9 Å². The topological polar surface area (TPSA) is 38.7 Å². The van der Waals surface area contributed by atoms with Crippen LogP contribution in [-0.2, 0) is 4.74 Å². The van der Waals surface area contributed by atoms with Gasteiger partial charge < -0.3 is 14.6 Å². The highest BCUT2D eigenvalue weighted by atomic mass is 16.5. The summed E-state index contributed by atoms with van der Waals surface area (Å²) >= 11 is 0. The summed E-state index contributed by atoms with van der Waals surface area (Å²) in [6.45, 7) is 7.65. The second-order valence-corrected chi connectivity index (χ2v) is 6.50. The standard InChI is InChI=1S/C18H24O3/c1-10-7-11(2)17-12(3)14(10)9-21-18(17)13-5-6-15(19)16(8-13)20-4/h5-8,10,12,14,17-19H,9H2,1-4H3/t10-,12+,14+,17-,18-/m0/s1. The van der Waals surface area contributed by atoms with E-state index in [9.17, 15) is 5.11 Å². The Morgan fingerprint density at radius 1 is 1.29 bits per heavy atom. The van der Waals surface area contributed by atoms with Crippen molar-refractivity contribution < 1.29 is 14.6 Å². The van der Waals surface area contributed by atoms with Crippen LogP contribution in [0.4, 0.5) is 0 Å². The van der Waals surface area contributed by atoms with Crippen molar-refractivity contribution in [3.63, 3.8) is 0 Å². The molecular weight excluding hydrogens is 264 g/mol. The van der Waals surface area contributed by atoms with Crippen LogP contribution in [0, 0.1) is 23.7 Å². The van der Waals surface area contributed by atoms with Crippen molar-refractivity contribution in [1.29, 1.82) is 0 Å². The van der Waals surface area contributed by atoms with Crippen LogP contribution in [0.15, 0.2) is 29.8 Å². The fourth-order valence-corrected chi connectivity index (χ4v) is 4.12. The monoisotopic (exact) mass is 288 g/mol. The Bertz CT molecular complexity index is 564. The second-order valence-electron chi connectivity index (χ2n) is 6.50. The van der Waals surface area contributed by atoms with Crippen molar-refractivity contribution in [1.82, 2.24) is 0 Å². The largest absolute Gasteiger partial charge is 0.504 e. The van der Waals surface area contributed by atoms with E-state index >= 15 is 0 Å². The molecular formula is C18H24O3. The number of hydrogen-bond acceptors (Lipinski definition) is 3. The Labute approximate surface area is 126 Å². The maximum atomic E-state index is 9.77. The highest BCUT2D eigenvalue weighted by Gasteiger charge is 2.43. The van der Waals surface area contributed by atoms with E-state index in [1.54, 1.807) is 13.2 Å². The lowest BCUT2D eigenvalue weighted by atomic mass is 9.64. The summed E-state index contributed by atoms with van der Waals surface area (Å²) in [4.78, 5) is 0. The number of phenols is 1. The lowest BCUT2D eigenvalue weighted by Gasteiger charge is -2.47. The Balaban J connectivity index is 1.98. The van der Waals surface area contributed by atoms with E-state index in [0.717, 1.165) is 12.2 Å². The molecule has 3 heteroatoms. The number of aromatic hydroxyl groups is 1. The molecule has 0 amide bonds. The normalized spacial score (nSPS) is 35.2. The number of hydrogen-bond donors (Lipinski definition) is 1. The smallest absolute Gasteiger partial charge is 0.160 e. The zero-order valence-corrected chi connectivity index (χ0v) is 13.2. The van der Waals surface area contributed by atoms with Gasteiger partial charge in [0.05, 0.1) is 19.8 Å². The van der Waals surface area contributed by atoms with E-state index < -0.39 is 0 Å². The lowest BCUT2D eigenvalue weighted by Crippen LogP contribution is -2.42. The van der Waals surface area contributed by atoms with Crippen molar-refractivity contribution in [2.75, 3.05) is 13.7 Å². The molecule has 3 rings (SSSR count). The van der Waals surface area contributed by atoms with Gasteiger partial charge in [0.2, 0.25) is 0 Å². The SMILES string of the molecule is COc1cc([C@@H]2OC[C@H]3[C@@H](C)[C@@H]2C(C)=C[C@@H]3C)ccc1O. The van der Waals surface area contributed by atoms with Gasteiger partial charge in [0.1, 0.15) is 0 Å². The molecule has 0 spiro atoms. The fraction of sp³-hybridized carbons (Fsp3) is 0.556. The zero-order chi connectivity index (χ0) is 15.1. The van der Waals surface area contributed by atoms with Crippen molar-refractivity contribution in [3.05, 3.63) is 35.4 Å². The van der Waals surface area contributed by atoms with Crippen LogP contribution in [0.2, 0.25) is 0 Å². The maximum Gasteiger partial charge on any atom is 0.160 e. The molecule has 1 N–H and O–H groups in total. The van der Waals surface area contributed by atoms with E-state index in [2.05, 4.69) is 26.8 Å². The van der Waals surface area contributed by atoms with Gasteiger partial charge in [-0.1, -0.05) is 31.6 Å². The third-order valence-electron chi connectivity index (χ3n) is 5.30. The van der Waals surface area contributed by atoms with Crippen LogP contribution in [0.3, 0.4) is 0 Å². The van der Waals surface area contributed by atoms with Gasteiger partial charge in [-0.15, -0.1) is 0 Å². The van der Waals surface area contributed by atoms with Gasteiger partial charge in [0.25, 0.3) is 0 Å². The first-order valence-electron chi connectivity index (χ1n) is 7.69. The number of methoxy groups -OCH3 is 1. The van der Waals surface area contributed by atoms with Crippen LogP contribution >= 0.6 is 0 Å². The first kappa shape index (κ1) is 14.5. The molecule has 1 aliphatic carbocycles. The molecule has 3 nitrogen and oxygen atoms in total. The van der Waals surface area contributed by atoms with E-state index in [4.69, 9.17) is 9.47 Å². The van der Waals surface area contributed by atoms with Crippen molar-refractivity contribution in [2.24, 2.45) is 23.7 Å². The third kappa shape index (κ3) is 2.34. The molecule has 1 fully saturated rings. The quantitative estimate of drug-likeness (QED) is 0.838. The summed E-state index contributed by atoms with van der Waals surface area (Å²) in [6.07, 6.45) is 2.46.